The van der Waals surface area contributed by atoms with Gasteiger partial charge < -0.3 is 19.7 Å². The first-order valence-corrected chi connectivity index (χ1v) is 20.5. The molecular formula is C44H40N4O8S2. The van der Waals surface area contributed by atoms with E-state index in [4.69, 9.17) is 0 Å². The summed E-state index contributed by atoms with van der Waals surface area (Å²) >= 11 is 0. The van der Waals surface area contributed by atoms with Crippen LogP contribution >= 0.6 is 0 Å². The Kier molecular flexibility index (Phi) is 13.6. The number of aryl methyl sites for hydroxylation is 4. The molecule has 0 unspecified atom stereocenters. The number of fused-ring (bicyclic) bond motifs is 2. The molecule has 0 fully saturated rings. The molecule has 2 N–H and O–H groups in total. The van der Waals surface area contributed by atoms with E-state index in [1.807, 2.05) is 122 Å². The van der Waals surface area contributed by atoms with Crippen LogP contribution < -0.4 is 19.8 Å². The first-order chi connectivity index (χ1) is 27.5. The fourth-order valence-corrected chi connectivity index (χ4v) is 6.54. The van der Waals surface area contributed by atoms with Crippen molar-refractivity contribution in [1.82, 2.24) is 0 Å². The van der Waals surface area contributed by atoms with Crippen LogP contribution in [0.2, 0.25) is 0 Å². The molecule has 0 aliphatic heterocycles. The minimum Gasteiger partial charge on any atom is -0.744 e. The van der Waals surface area contributed by atoms with Gasteiger partial charge in [-0.05, 0) is 98.3 Å². The Balaban J connectivity index is 0.000000236. The predicted octanol–water partition coefficient (Wildman–Crippen LogP) is 6.34. The quantitative estimate of drug-likeness (QED) is 0.106. The van der Waals surface area contributed by atoms with Gasteiger partial charge in [-0.2, -0.15) is 0 Å². The van der Waals surface area contributed by atoms with E-state index in [2.05, 4.69) is 10.6 Å². The highest BCUT2D eigenvalue weighted by Gasteiger charge is 2.10. The van der Waals surface area contributed by atoms with Gasteiger partial charge in [0.05, 0.1) is 9.79 Å². The molecule has 58 heavy (non-hydrogen) atoms. The largest absolute Gasteiger partial charge is 0.744 e. The number of pyridine rings is 2. The average Bonchev–Trinajstić information content (AvgIpc) is 3.17. The number of nitrogens with zero attached hydrogens (tertiary/aromatic N) is 2. The predicted molar refractivity (Wildman–Crippen MR) is 221 cm³/mol. The van der Waals surface area contributed by atoms with Gasteiger partial charge in [-0.3, -0.25) is 9.59 Å². The monoisotopic (exact) mass is 816 g/mol. The normalized spacial score (nSPS) is 11.3. The summed E-state index contributed by atoms with van der Waals surface area (Å²) in [5, 5.41) is 7.95. The summed E-state index contributed by atoms with van der Waals surface area (Å²) in [7, 11) is -4.56. The number of carbonyl (C=O) groups is 2. The van der Waals surface area contributed by atoms with Gasteiger partial charge in [0.2, 0.25) is 16.9 Å². The second-order valence-corrected chi connectivity index (χ2v) is 16.0. The van der Waals surface area contributed by atoms with Crippen LogP contribution in [0, 0.1) is 13.8 Å². The van der Waals surface area contributed by atoms with E-state index in [0.29, 0.717) is 5.56 Å². The number of hydrogen-bond donors (Lipinski definition) is 2. The number of hydrogen-bond acceptors (Lipinski definition) is 8. The molecule has 0 saturated carbocycles. The zero-order valence-corrected chi connectivity index (χ0v) is 33.6. The Bertz CT molecular complexity index is 2770. The lowest BCUT2D eigenvalue weighted by molar-refractivity contribution is -0.645. The Morgan fingerprint density at radius 1 is 0.569 bits per heavy atom. The van der Waals surface area contributed by atoms with E-state index in [9.17, 15) is 35.5 Å². The molecule has 0 atom stereocenters. The van der Waals surface area contributed by atoms with Gasteiger partial charge in [-0.15, -0.1) is 0 Å². The van der Waals surface area contributed by atoms with Crippen LogP contribution in [-0.2, 0) is 39.1 Å². The third-order valence-electron chi connectivity index (χ3n) is 8.73. The molecule has 2 amide bonds. The minimum atomic E-state index is -4.27. The Labute approximate surface area is 337 Å². The molecule has 0 radical (unpaired) electrons. The fraction of sp³-hybridized carbons (Fsp3) is 0.0909. The number of carbonyl (C=O) groups excluding carboxylic acids is 2. The Morgan fingerprint density at radius 2 is 1.00 bits per heavy atom. The van der Waals surface area contributed by atoms with Crippen molar-refractivity contribution in [2.75, 3.05) is 10.6 Å². The van der Waals surface area contributed by atoms with Gasteiger partial charge in [0.25, 0.3) is 5.91 Å². The molecule has 0 saturated heterocycles. The van der Waals surface area contributed by atoms with Crippen LogP contribution in [0.4, 0.5) is 11.4 Å². The minimum absolute atomic E-state index is 0.178. The number of rotatable bonds is 7. The van der Waals surface area contributed by atoms with Crippen molar-refractivity contribution in [3.05, 3.63) is 174 Å². The van der Waals surface area contributed by atoms with Gasteiger partial charge in [0, 0.05) is 58.1 Å². The summed E-state index contributed by atoms with van der Waals surface area (Å²) in [6, 6.07) is 38.3. The Morgan fingerprint density at radius 3 is 1.43 bits per heavy atom. The summed E-state index contributed by atoms with van der Waals surface area (Å²) < 4.78 is 66.4. The van der Waals surface area contributed by atoms with Crippen molar-refractivity contribution < 1.29 is 44.7 Å². The highest BCUT2D eigenvalue weighted by atomic mass is 32.2. The number of aromatic nitrogens is 2. The van der Waals surface area contributed by atoms with Crippen LogP contribution in [0.3, 0.4) is 0 Å². The van der Waals surface area contributed by atoms with Crippen LogP contribution in [0.15, 0.2) is 162 Å². The highest BCUT2D eigenvalue weighted by Crippen LogP contribution is 2.19. The number of anilines is 2. The molecule has 0 bridgehead atoms. The van der Waals surface area contributed by atoms with Crippen LogP contribution in [0.1, 0.15) is 27.0 Å². The SMILES string of the molecule is C[n+]1cccc2cc(NC(=O)/C=C/c3ccc(C(=O)Nc4ccc5c(ccc[n+]5C)c4)cc3)ccc21.Cc1ccc(S(=O)(=O)[O-])cc1.Cc1ccc(S(=O)(=O)[O-])cc1. The molecule has 0 aliphatic rings. The fourth-order valence-electron chi connectivity index (χ4n) is 5.60. The summed E-state index contributed by atoms with van der Waals surface area (Å²) in [5.41, 5.74) is 6.87. The van der Waals surface area contributed by atoms with E-state index in [-0.39, 0.29) is 21.6 Å². The van der Waals surface area contributed by atoms with Crippen molar-refractivity contribution in [2.45, 2.75) is 23.6 Å². The zero-order chi connectivity index (χ0) is 42.0. The zero-order valence-electron chi connectivity index (χ0n) is 32.0. The average molecular weight is 817 g/mol. The first-order valence-electron chi connectivity index (χ1n) is 17.7. The van der Waals surface area contributed by atoms with Crippen LogP contribution in [0.25, 0.3) is 27.9 Å². The molecule has 296 valence electrons. The molecule has 0 spiro atoms. The van der Waals surface area contributed by atoms with Crippen molar-refractivity contribution in [2.24, 2.45) is 14.1 Å². The molecule has 14 heteroatoms. The standard InChI is InChI=1S/C30H24N4O2.2C7H8O3S/c1-33-17-3-5-23-19-25(12-14-27(23)33)31-29(35)16-9-21-7-10-22(11-8-21)30(36)32-26-13-15-28-24(20-26)6-4-18-34(28)2;2*1-6-2-4-7(5-3-6)11(8,9)10/h3-20H,1-2H3;2*2-5H,1H3,(H,8,9,10)/b16-9+;;. The van der Waals surface area contributed by atoms with Crippen LogP contribution in [-0.4, -0.2) is 37.8 Å². The number of amides is 2. The summed E-state index contributed by atoms with van der Waals surface area (Å²) in [5.74, 6) is -0.409. The van der Waals surface area contributed by atoms with Gasteiger partial charge in [-0.1, -0.05) is 47.5 Å². The van der Waals surface area contributed by atoms with Gasteiger partial charge >= 0.3 is 0 Å². The molecule has 7 rings (SSSR count). The number of benzene rings is 5. The molecule has 5 aromatic carbocycles. The second-order valence-electron chi connectivity index (χ2n) is 13.2. The van der Waals surface area contributed by atoms with Crippen LogP contribution in [0.5, 0.6) is 0 Å². The lowest BCUT2D eigenvalue weighted by atomic mass is 10.1. The van der Waals surface area contributed by atoms with E-state index in [1.165, 1.54) is 30.3 Å². The maximum atomic E-state index is 12.7. The van der Waals surface area contributed by atoms with Gasteiger partial charge in [0.15, 0.2) is 12.4 Å². The van der Waals surface area contributed by atoms with Crippen molar-refractivity contribution in [1.29, 1.82) is 0 Å². The van der Waals surface area contributed by atoms with E-state index >= 15 is 0 Å². The van der Waals surface area contributed by atoms with Crippen molar-refractivity contribution in [3.8, 4) is 0 Å². The summed E-state index contributed by atoms with van der Waals surface area (Å²) in [6.45, 7) is 3.64. The van der Waals surface area contributed by atoms with E-state index in [0.717, 1.165) is 49.9 Å². The second kappa shape index (κ2) is 18.6. The third-order valence-corrected chi connectivity index (χ3v) is 10.4. The van der Waals surface area contributed by atoms with E-state index in [1.54, 1.807) is 42.5 Å². The summed E-state index contributed by atoms with van der Waals surface area (Å²) in [6.07, 6.45) is 7.19. The molecule has 7 aromatic rings. The first kappa shape index (κ1) is 42.6. The molecule has 0 aliphatic carbocycles. The Hall–Kier alpha value is -6.58. The maximum Gasteiger partial charge on any atom is 0.255 e. The lowest BCUT2D eigenvalue weighted by Gasteiger charge is -2.06. The number of nitrogens with one attached hydrogen (secondary N) is 2. The molecule has 2 aromatic heterocycles. The van der Waals surface area contributed by atoms with E-state index < -0.39 is 20.2 Å². The highest BCUT2D eigenvalue weighted by molar-refractivity contribution is 7.86. The van der Waals surface area contributed by atoms with Crippen molar-refractivity contribution in [3.63, 3.8) is 0 Å². The maximum absolute atomic E-state index is 12.7. The molecule has 2 heterocycles. The third kappa shape index (κ3) is 12.0. The summed E-state index contributed by atoms with van der Waals surface area (Å²) in [4.78, 5) is 24.8. The van der Waals surface area contributed by atoms with Gasteiger partial charge in [-0.25, -0.2) is 26.0 Å². The molecule has 12 nitrogen and oxygen atoms in total. The lowest BCUT2D eigenvalue weighted by Crippen LogP contribution is -2.27. The van der Waals surface area contributed by atoms with Crippen molar-refractivity contribution >= 4 is 71.3 Å². The van der Waals surface area contributed by atoms with Gasteiger partial charge in [0.1, 0.15) is 34.3 Å². The smallest absolute Gasteiger partial charge is 0.255 e. The molecular weight excluding hydrogens is 777 g/mol. The topological polar surface area (TPSA) is 180 Å².